The Labute approximate surface area is 88.8 Å². The molecule has 1 saturated carbocycles. The van der Waals surface area contributed by atoms with Crippen molar-refractivity contribution in [2.75, 3.05) is 13.1 Å². The molecule has 0 aliphatic heterocycles. The first-order valence-electron chi connectivity index (χ1n) is 5.27. The third kappa shape index (κ3) is 3.11. The van der Waals surface area contributed by atoms with E-state index in [0.717, 1.165) is 32.1 Å². The number of nitrogens with zero attached hydrogens (tertiary/aromatic N) is 3. The van der Waals surface area contributed by atoms with Crippen LogP contribution in [0.3, 0.4) is 0 Å². The molecule has 0 saturated heterocycles. The minimum atomic E-state index is -0.566. The van der Waals surface area contributed by atoms with Crippen molar-refractivity contribution in [1.29, 1.82) is 0 Å². The van der Waals surface area contributed by atoms with Gasteiger partial charge in [-0.15, -0.1) is 0 Å². The van der Waals surface area contributed by atoms with Crippen LogP contribution in [-0.2, 0) is 4.79 Å². The smallest absolute Gasteiger partial charge is 0.237 e. The second-order valence-electron chi connectivity index (χ2n) is 3.89. The van der Waals surface area contributed by atoms with Crippen molar-refractivity contribution in [1.82, 2.24) is 5.32 Å². The topological polar surface area (TPSA) is 104 Å². The van der Waals surface area contributed by atoms with Gasteiger partial charge in [0.05, 0.1) is 5.54 Å². The van der Waals surface area contributed by atoms with Crippen LogP contribution in [0.1, 0.15) is 32.1 Å². The lowest BCUT2D eigenvalue weighted by atomic mass is 9.81. The molecule has 1 aliphatic carbocycles. The van der Waals surface area contributed by atoms with E-state index in [-0.39, 0.29) is 5.91 Å². The van der Waals surface area contributed by atoms with Crippen LogP contribution in [0.4, 0.5) is 0 Å². The lowest BCUT2D eigenvalue weighted by Gasteiger charge is -2.35. The van der Waals surface area contributed by atoms with Crippen LogP contribution in [0, 0.1) is 0 Å². The van der Waals surface area contributed by atoms with Crippen LogP contribution in [-0.4, -0.2) is 24.5 Å². The summed E-state index contributed by atoms with van der Waals surface area (Å²) in [6, 6.07) is 0. The van der Waals surface area contributed by atoms with E-state index >= 15 is 0 Å². The van der Waals surface area contributed by atoms with Crippen molar-refractivity contribution in [3.05, 3.63) is 10.4 Å². The minimum Gasteiger partial charge on any atom is -0.368 e. The van der Waals surface area contributed by atoms with Gasteiger partial charge in [0.25, 0.3) is 0 Å². The third-order valence-electron chi connectivity index (χ3n) is 2.92. The number of nitrogens with one attached hydrogen (secondary N) is 1. The van der Waals surface area contributed by atoms with Gasteiger partial charge in [-0.2, -0.15) is 0 Å². The number of carbonyl (C=O) groups is 1. The summed E-state index contributed by atoms with van der Waals surface area (Å²) < 4.78 is 0. The van der Waals surface area contributed by atoms with E-state index in [1.807, 2.05) is 0 Å². The summed E-state index contributed by atoms with van der Waals surface area (Å²) in [5, 5.41) is 6.54. The molecule has 1 aliphatic rings. The molecule has 1 rings (SSSR count). The van der Waals surface area contributed by atoms with Crippen LogP contribution in [0.5, 0.6) is 0 Å². The first-order chi connectivity index (χ1) is 7.21. The maximum absolute atomic E-state index is 11.4. The fraction of sp³-hybridized carbons (Fsp3) is 0.889. The lowest BCUT2D eigenvalue weighted by molar-refractivity contribution is -0.125. The molecule has 1 amide bonds. The van der Waals surface area contributed by atoms with Crippen LogP contribution in [0.25, 0.3) is 10.4 Å². The van der Waals surface area contributed by atoms with Gasteiger partial charge in [0.15, 0.2) is 0 Å². The quantitative estimate of drug-likeness (QED) is 0.307. The van der Waals surface area contributed by atoms with E-state index in [2.05, 4.69) is 15.3 Å². The highest BCUT2D eigenvalue weighted by Crippen LogP contribution is 2.27. The second kappa shape index (κ2) is 5.58. The molecule has 15 heavy (non-hydrogen) atoms. The van der Waals surface area contributed by atoms with Crippen molar-refractivity contribution < 1.29 is 4.79 Å². The zero-order chi connectivity index (χ0) is 11.1. The molecular formula is C9H17N5O. The van der Waals surface area contributed by atoms with Crippen LogP contribution in [0.15, 0.2) is 5.11 Å². The van der Waals surface area contributed by atoms with Gasteiger partial charge in [0.2, 0.25) is 5.91 Å². The largest absolute Gasteiger partial charge is 0.368 e. The molecule has 6 nitrogen and oxygen atoms in total. The standard InChI is InChI=1S/C9H17N5O/c10-8(15)9(4-2-1-3-5-9)12-6-7-13-14-11/h12H,1-7H2,(H2,10,15). The van der Waals surface area contributed by atoms with Crippen molar-refractivity contribution in [3.63, 3.8) is 0 Å². The monoisotopic (exact) mass is 211 g/mol. The molecule has 6 heteroatoms. The summed E-state index contributed by atoms with van der Waals surface area (Å²) in [5.41, 5.74) is 13.0. The summed E-state index contributed by atoms with van der Waals surface area (Å²) in [6.07, 6.45) is 4.79. The van der Waals surface area contributed by atoms with Crippen molar-refractivity contribution in [3.8, 4) is 0 Å². The van der Waals surface area contributed by atoms with Gasteiger partial charge < -0.3 is 11.1 Å². The first kappa shape index (κ1) is 11.8. The number of rotatable bonds is 5. The molecule has 0 spiro atoms. The number of carbonyl (C=O) groups excluding carboxylic acids is 1. The van der Waals surface area contributed by atoms with Gasteiger partial charge in [-0.3, -0.25) is 4.79 Å². The number of amides is 1. The predicted molar refractivity (Wildman–Crippen MR) is 57.0 cm³/mol. The van der Waals surface area contributed by atoms with E-state index < -0.39 is 5.54 Å². The average molecular weight is 211 g/mol. The Morgan fingerprint density at radius 2 is 2.13 bits per heavy atom. The molecule has 0 bridgehead atoms. The highest BCUT2D eigenvalue weighted by molar-refractivity contribution is 5.84. The maximum atomic E-state index is 11.4. The molecule has 84 valence electrons. The van der Waals surface area contributed by atoms with E-state index in [1.165, 1.54) is 0 Å². The predicted octanol–water partition coefficient (Wildman–Crippen LogP) is 1.07. The number of hydrogen-bond donors (Lipinski definition) is 2. The molecule has 0 aromatic carbocycles. The Kier molecular flexibility index (Phi) is 4.39. The van der Waals surface area contributed by atoms with E-state index in [4.69, 9.17) is 11.3 Å². The van der Waals surface area contributed by atoms with Crippen molar-refractivity contribution in [2.45, 2.75) is 37.6 Å². The van der Waals surface area contributed by atoms with Gasteiger partial charge in [-0.25, -0.2) is 0 Å². The minimum absolute atomic E-state index is 0.289. The van der Waals surface area contributed by atoms with Gasteiger partial charge in [-0.05, 0) is 18.4 Å². The number of primary amides is 1. The molecule has 3 N–H and O–H groups in total. The maximum Gasteiger partial charge on any atom is 0.237 e. The number of nitrogens with two attached hydrogens (primary N) is 1. The molecule has 0 unspecified atom stereocenters. The fourth-order valence-corrected chi connectivity index (χ4v) is 2.06. The third-order valence-corrected chi connectivity index (χ3v) is 2.92. The molecule has 0 radical (unpaired) electrons. The summed E-state index contributed by atoms with van der Waals surface area (Å²) in [7, 11) is 0. The summed E-state index contributed by atoms with van der Waals surface area (Å²) in [5.74, 6) is -0.289. The van der Waals surface area contributed by atoms with Gasteiger partial charge >= 0.3 is 0 Å². The van der Waals surface area contributed by atoms with E-state index in [0.29, 0.717) is 13.1 Å². The highest BCUT2D eigenvalue weighted by atomic mass is 16.1. The normalized spacial score (nSPS) is 19.2. The lowest BCUT2D eigenvalue weighted by Crippen LogP contribution is -2.57. The molecular weight excluding hydrogens is 194 g/mol. The number of hydrogen-bond acceptors (Lipinski definition) is 3. The zero-order valence-electron chi connectivity index (χ0n) is 8.78. The van der Waals surface area contributed by atoms with Crippen molar-refractivity contribution in [2.24, 2.45) is 10.8 Å². The van der Waals surface area contributed by atoms with Crippen LogP contribution in [0.2, 0.25) is 0 Å². The fourth-order valence-electron chi connectivity index (χ4n) is 2.06. The Bertz CT molecular complexity index is 266. The Hall–Kier alpha value is -1.26. The summed E-state index contributed by atoms with van der Waals surface area (Å²) in [6.45, 7) is 0.860. The average Bonchev–Trinajstić information content (AvgIpc) is 2.26. The first-order valence-corrected chi connectivity index (χ1v) is 5.27. The second-order valence-corrected chi connectivity index (χ2v) is 3.89. The van der Waals surface area contributed by atoms with E-state index in [1.54, 1.807) is 0 Å². The Morgan fingerprint density at radius 3 is 2.67 bits per heavy atom. The van der Waals surface area contributed by atoms with E-state index in [9.17, 15) is 4.79 Å². The zero-order valence-corrected chi connectivity index (χ0v) is 8.78. The molecule has 0 aromatic rings. The summed E-state index contributed by atoms with van der Waals surface area (Å²) in [4.78, 5) is 14.1. The molecule has 0 aromatic heterocycles. The SMILES string of the molecule is [N-]=[N+]=NCCNC1(C(N)=O)CCCCC1. The van der Waals surface area contributed by atoms with Gasteiger partial charge in [0.1, 0.15) is 0 Å². The highest BCUT2D eigenvalue weighted by Gasteiger charge is 2.36. The molecule has 0 heterocycles. The number of azide groups is 1. The summed E-state index contributed by atoms with van der Waals surface area (Å²) >= 11 is 0. The Balaban J connectivity index is 2.49. The molecule has 0 atom stereocenters. The Morgan fingerprint density at radius 1 is 1.47 bits per heavy atom. The van der Waals surface area contributed by atoms with Gasteiger partial charge in [0, 0.05) is 18.0 Å². The van der Waals surface area contributed by atoms with Crippen LogP contribution < -0.4 is 11.1 Å². The van der Waals surface area contributed by atoms with Crippen LogP contribution >= 0.6 is 0 Å². The van der Waals surface area contributed by atoms with Gasteiger partial charge in [-0.1, -0.05) is 24.4 Å². The molecule has 1 fully saturated rings. The van der Waals surface area contributed by atoms with Crippen molar-refractivity contribution >= 4 is 5.91 Å².